The van der Waals surface area contributed by atoms with Crippen LogP contribution in [0.15, 0.2) is 29.3 Å². The van der Waals surface area contributed by atoms with E-state index in [1.165, 1.54) is 43.9 Å². The maximum Gasteiger partial charge on any atom is 0.331 e. The summed E-state index contributed by atoms with van der Waals surface area (Å²) >= 11 is 1.72. The predicted octanol–water partition coefficient (Wildman–Crippen LogP) is 3.57. The van der Waals surface area contributed by atoms with E-state index in [4.69, 9.17) is 9.73 Å². The van der Waals surface area contributed by atoms with Crippen molar-refractivity contribution in [2.45, 2.75) is 37.8 Å². The van der Waals surface area contributed by atoms with Crippen molar-refractivity contribution in [3.63, 3.8) is 0 Å². The second-order valence-electron chi connectivity index (χ2n) is 7.07. The second kappa shape index (κ2) is 8.35. The first kappa shape index (κ1) is 18.4. The molecule has 6 nitrogen and oxygen atoms in total. The molecule has 0 unspecified atom stereocenters. The molecule has 1 fully saturated rings. The molecule has 0 spiro atoms. The SMILES string of the molecule is COC(=O)COC[C@@H]1CSC(c2cc3cccc(NC4CCCC4)c3[nH]2)=N1. The van der Waals surface area contributed by atoms with Crippen molar-refractivity contribution in [1.82, 2.24) is 4.98 Å². The molecule has 2 N–H and O–H groups in total. The van der Waals surface area contributed by atoms with Crippen LogP contribution in [0.1, 0.15) is 31.4 Å². The number of esters is 1. The van der Waals surface area contributed by atoms with E-state index in [-0.39, 0.29) is 18.6 Å². The van der Waals surface area contributed by atoms with Gasteiger partial charge in [0.25, 0.3) is 0 Å². The zero-order chi connectivity index (χ0) is 18.6. The van der Waals surface area contributed by atoms with Crippen LogP contribution in [-0.2, 0) is 14.3 Å². The third kappa shape index (κ3) is 4.30. The zero-order valence-electron chi connectivity index (χ0n) is 15.5. The summed E-state index contributed by atoms with van der Waals surface area (Å²) in [6, 6.07) is 9.19. The lowest BCUT2D eigenvalue weighted by Crippen LogP contribution is -2.18. The van der Waals surface area contributed by atoms with Crippen LogP contribution in [0.2, 0.25) is 0 Å². The summed E-state index contributed by atoms with van der Waals surface area (Å²) in [7, 11) is 1.36. The van der Waals surface area contributed by atoms with Crippen LogP contribution in [0.3, 0.4) is 0 Å². The first-order valence-corrected chi connectivity index (χ1v) is 10.5. The molecule has 144 valence electrons. The van der Waals surface area contributed by atoms with Crippen LogP contribution in [0, 0.1) is 0 Å². The number of aromatic nitrogens is 1. The highest BCUT2D eigenvalue weighted by Crippen LogP contribution is 2.31. The molecule has 2 aromatic rings. The van der Waals surface area contributed by atoms with Crippen molar-refractivity contribution in [2.75, 3.05) is 31.4 Å². The Morgan fingerprint density at radius 1 is 1.37 bits per heavy atom. The van der Waals surface area contributed by atoms with Gasteiger partial charge in [-0.2, -0.15) is 0 Å². The number of fused-ring (bicyclic) bond motifs is 1. The van der Waals surface area contributed by atoms with Crippen LogP contribution in [-0.4, -0.2) is 54.2 Å². The van der Waals surface area contributed by atoms with Gasteiger partial charge in [0.15, 0.2) is 0 Å². The molecule has 2 aliphatic rings. The highest BCUT2D eigenvalue weighted by atomic mass is 32.2. The lowest BCUT2D eigenvalue weighted by molar-refractivity contribution is -0.145. The quantitative estimate of drug-likeness (QED) is 0.711. The van der Waals surface area contributed by atoms with E-state index < -0.39 is 0 Å². The number of methoxy groups -OCH3 is 1. The number of carbonyl (C=O) groups excluding carboxylic acids is 1. The maximum absolute atomic E-state index is 11.1. The summed E-state index contributed by atoms with van der Waals surface area (Å²) in [6.07, 6.45) is 5.13. The number of ether oxygens (including phenoxy) is 2. The van der Waals surface area contributed by atoms with Crippen LogP contribution in [0.25, 0.3) is 10.9 Å². The number of aliphatic imine (C=N–C) groups is 1. The Hall–Kier alpha value is -1.99. The Morgan fingerprint density at radius 2 is 2.22 bits per heavy atom. The number of anilines is 1. The molecule has 4 rings (SSSR count). The standard InChI is InChI=1S/C20H25N3O3S/c1-25-18(24)11-26-10-15-12-27-20(22-15)17-9-13-5-4-8-16(19(13)23-17)21-14-6-2-3-7-14/h4-5,8-9,14-15,21,23H,2-3,6-7,10-12H2,1H3/t15-/m1/s1. The Morgan fingerprint density at radius 3 is 3.04 bits per heavy atom. The summed E-state index contributed by atoms with van der Waals surface area (Å²) < 4.78 is 9.97. The number of nitrogens with one attached hydrogen (secondary N) is 2. The van der Waals surface area contributed by atoms with Crippen LogP contribution >= 0.6 is 11.8 Å². The lowest BCUT2D eigenvalue weighted by Gasteiger charge is -2.14. The number of rotatable bonds is 7. The molecule has 0 saturated heterocycles. The van der Waals surface area contributed by atoms with Crippen molar-refractivity contribution < 1.29 is 14.3 Å². The number of carbonyl (C=O) groups is 1. The Kier molecular flexibility index (Phi) is 5.69. The Labute approximate surface area is 163 Å². The number of para-hydroxylation sites is 1. The van der Waals surface area contributed by atoms with Crippen molar-refractivity contribution >= 4 is 39.4 Å². The zero-order valence-corrected chi connectivity index (χ0v) is 16.3. The lowest BCUT2D eigenvalue weighted by atomic mass is 10.2. The first-order chi connectivity index (χ1) is 13.2. The van der Waals surface area contributed by atoms with Crippen molar-refractivity contribution in [3.8, 4) is 0 Å². The number of nitrogens with zero attached hydrogens (tertiary/aromatic N) is 1. The third-order valence-corrected chi connectivity index (χ3v) is 6.22. The maximum atomic E-state index is 11.1. The van der Waals surface area contributed by atoms with Gasteiger partial charge in [0.2, 0.25) is 0 Å². The molecule has 1 aliphatic carbocycles. The average molecular weight is 388 g/mol. The highest BCUT2D eigenvalue weighted by Gasteiger charge is 2.22. The fourth-order valence-corrected chi connectivity index (χ4v) is 4.68. The van der Waals surface area contributed by atoms with Gasteiger partial charge in [-0.05, 0) is 25.0 Å². The Balaban J connectivity index is 1.45. The molecule has 1 saturated carbocycles. The van der Waals surface area contributed by atoms with Gasteiger partial charge in [0, 0.05) is 17.2 Å². The van der Waals surface area contributed by atoms with Crippen LogP contribution < -0.4 is 5.32 Å². The molecule has 27 heavy (non-hydrogen) atoms. The summed E-state index contributed by atoms with van der Waals surface area (Å²) in [4.78, 5) is 19.4. The Bertz CT molecular complexity index is 842. The highest BCUT2D eigenvalue weighted by molar-refractivity contribution is 8.14. The van der Waals surface area contributed by atoms with Gasteiger partial charge in [-0.3, -0.25) is 4.99 Å². The molecule has 0 radical (unpaired) electrons. The number of aromatic amines is 1. The second-order valence-corrected chi connectivity index (χ2v) is 8.08. The van der Waals surface area contributed by atoms with Gasteiger partial charge in [-0.15, -0.1) is 11.8 Å². The van der Waals surface area contributed by atoms with Crippen LogP contribution in [0.4, 0.5) is 5.69 Å². The van der Waals surface area contributed by atoms with E-state index >= 15 is 0 Å². The first-order valence-electron chi connectivity index (χ1n) is 9.47. The third-order valence-electron chi connectivity index (χ3n) is 5.07. The van der Waals surface area contributed by atoms with Gasteiger partial charge < -0.3 is 19.8 Å². The minimum absolute atomic E-state index is 0.0227. The number of H-pyrrole nitrogens is 1. The van der Waals surface area contributed by atoms with Gasteiger partial charge in [0.05, 0.1) is 36.7 Å². The summed E-state index contributed by atoms with van der Waals surface area (Å²) in [6.45, 7) is 0.408. The van der Waals surface area contributed by atoms with Gasteiger partial charge >= 0.3 is 5.97 Å². The number of benzene rings is 1. The molecule has 0 amide bonds. The monoisotopic (exact) mass is 387 g/mol. The minimum Gasteiger partial charge on any atom is -0.467 e. The van der Waals surface area contributed by atoms with E-state index in [2.05, 4.69) is 39.3 Å². The molecule has 2 heterocycles. The molecular formula is C20H25N3O3S. The normalized spacial score (nSPS) is 20.2. The molecule has 0 bridgehead atoms. The average Bonchev–Trinajstić information content (AvgIpc) is 3.42. The van der Waals surface area contributed by atoms with E-state index in [9.17, 15) is 4.79 Å². The predicted molar refractivity (Wildman–Crippen MR) is 110 cm³/mol. The fourth-order valence-electron chi connectivity index (χ4n) is 3.67. The molecule has 1 atom stereocenters. The molecule has 7 heteroatoms. The molecular weight excluding hydrogens is 362 g/mol. The molecule has 1 aliphatic heterocycles. The minimum atomic E-state index is -0.359. The van der Waals surface area contributed by atoms with Crippen molar-refractivity contribution in [1.29, 1.82) is 0 Å². The van der Waals surface area contributed by atoms with Gasteiger partial charge in [0.1, 0.15) is 11.7 Å². The number of hydrogen-bond donors (Lipinski definition) is 2. The van der Waals surface area contributed by atoms with Crippen molar-refractivity contribution in [3.05, 3.63) is 30.0 Å². The van der Waals surface area contributed by atoms with Crippen LogP contribution in [0.5, 0.6) is 0 Å². The topological polar surface area (TPSA) is 75.7 Å². The largest absolute Gasteiger partial charge is 0.467 e. The summed E-state index contributed by atoms with van der Waals surface area (Å²) in [5.41, 5.74) is 3.37. The van der Waals surface area contributed by atoms with Gasteiger partial charge in [-0.25, -0.2) is 4.79 Å². The number of hydrogen-bond acceptors (Lipinski definition) is 6. The molecule has 1 aromatic heterocycles. The van der Waals surface area contributed by atoms with E-state index in [0.717, 1.165) is 22.0 Å². The number of thioether (sulfide) groups is 1. The van der Waals surface area contributed by atoms with E-state index in [0.29, 0.717) is 12.6 Å². The van der Waals surface area contributed by atoms with E-state index in [1.54, 1.807) is 11.8 Å². The summed E-state index contributed by atoms with van der Waals surface area (Å²) in [5, 5.41) is 5.90. The smallest absolute Gasteiger partial charge is 0.331 e. The summed E-state index contributed by atoms with van der Waals surface area (Å²) in [5.74, 6) is 0.502. The van der Waals surface area contributed by atoms with Crippen molar-refractivity contribution in [2.24, 2.45) is 4.99 Å². The van der Waals surface area contributed by atoms with E-state index in [1.807, 2.05) is 0 Å². The van der Waals surface area contributed by atoms with Gasteiger partial charge in [-0.1, -0.05) is 25.0 Å². The fraction of sp³-hybridized carbons (Fsp3) is 0.500. The molecule has 1 aromatic carbocycles.